The molecule has 2 aromatic rings. The standard InChI is InChI=1S/C15H11Br2NO4/c16-9-1-3-12(11(17)5-9)18-15(19)7-20-10-2-4-13-14(6-10)22-8-21-13/h1-6H,7-8H2,(H,18,19). The lowest BCUT2D eigenvalue weighted by Gasteiger charge is -2.09. The second-order valence-corrected chi connectivity index (χ2v) is 6.25. The van der Waals surface area contributed by atoms with Gasteiger partial charge in [0.15, 0.2) is 18.1 Å². The maximum atomic E-state index is 11.9. The number of hydrogen-bond acceptors (Lipinski definition) is 4. The summed E-state index contributed by atoms with van der Waals surface area (Å²) in [5, 5.41) is 2.77. The smallest absolute Gasteiger partial charge is 0.262 e. The third kappa shape index (κ3) is 3.53. The van der Waals surface area contributed by atoms with Crippen molar-refractivity contribution >= 4 is 43.5 Å². The molecule has 7 heteroatoms. The summed E-state index contributed by atoms with van der Waals surface area (Å²) < 4.78 is 17.6. The monoisotopic (exact) mass is 427 g/mol. The molecule has 0 unspecified atom stereocenters. The molecule has 1 N–H and O–H groups in total. The van der Waals surface area contributed by atoms with Gasteiger partial charge in [-0.05, 0) is 46.3 Å². The van der Waals surface area contributed by atoms with Crippen LogP contribution in [0.1, 0.15) is 0 Å². The Hall–Kier alpha value is -1.73. The Morgan fingerprint density at radius 1 is 1.14 bits per heavy atom. The first-order chi connectivity index (χ1) is 10.6. The molecule has 0 radical (unpaired) electrons. The van der Waals surface area contributed by atoms with Crippen LogP contribution in [0.4, 0.5) is 5.69 Å². The summed E-state index contributed by atoms with van der Waals surface area (Å²) in [6, 6.07) is 10.7. The van der Waals surface area contributed by atoms with Crippen molar-refractivity contribution in [3.63, 3.8) is 0 Å². The van der Waals surface area contributed by atoms with E-state index in [4.69, 9.17) is 14.2 Å². The molecule has 5 nitrogen and oxygen atoms in total. The minimum Gasteiger partial charge on any atom is -0.484 e. The topological polar surface area (TPSA) is 56.8 Å². The number of hydrogen-bond donors (Lipinski definition) is 1. The van der Waals surface area contributed by atoms with Crippen LogP contribution in [0.5, 0.6) is 17.2 Å². The normalized spacial score (nSPS) is 12.1. The van der Waals surface area contributed by atoms with Crippen LogP contribution in [0.2, 0.25) is 0 Å². The highest BCUT2D eigenvalue weighted by atomic mass is 79.9. The molecular formula is C15H11Br2NO4. The SMILES string of the molecule is O=C(COc1ccc2c(c1)OCO2)Nc1ccc(Br)cc1Br. The van der Waals surface area contributed by atoms with Crippen molar-refractivity contribution in [2.24, 2.45) is 0 Å². The lowest BCUT2D eigenvalue weighted by molar-refractivity contribution is -0.118. The van der Waals surface area contributed by atoms with E-state index in [-0.39, 0.29) is 19.3 Å². The van der Waals surface area contributed by atoms with E-state index in [1.807, 2.05) is 12.1 Å². The highest BCUT2D eigenvalue weighted by Crippen LogP contribution is 2.35. The molecule has 3 rings (SSSR count). The molecular weight excluding hydrogens is 418 g/mol. The Labute approximate surface area is 143 Å². The zero-order chi connectivity index (χ0) is 15.5. The van der Waals surface area contributed by atoms with Crippen LogP contribution in [0, 0.1) is 0 Å². The molecule has 114 valence electrons. The molecule has 0 saturated heterocycles. The van der Waals surface area contributed by atoms with Gasteiger partial charge in [0.25, 0.3) is 5.91 Å². The van der Waals surface area contributed by atoms with Crippen molar-refractivity contribution in [1.82, 2.24) is 0 Å². The van der Waals surface area contributed by atoms with E-state index >= 15 is 0 Å². The van der Waals surface area contributed by atoms with E-state index in [1.54, 1.807) is 24.3 Å². The van der Waals surface area contributed by atoms with Gasteiger partial charge in [-0.1, -0.05) is 15.9 Å². The van der Waals surface area contributed by atoms with Crippen LogP contribution in [0.3, 0.4) is 0 Å². The average Bonchev–Trinajstić information content (AvgIpc) is 2.95. The van der Waals surface area contributed by atoms with Gasteiger partial charge in [0.05, 0.1) is 5.69 Å². The Morgan fingerprint density at radius 3 is 2.77 bits per heavy atom. The molecule has 1 amide bonds. The van der Waals surface area contributed by atoms with E-state index < -0.39 is 0 Å². The van der Waals surface area contributed by atoms with E-state index in [1.165, 1.54) is 0 Å². The van der Waals surface area contributed by atoms with E-state index in [9.17, 15) is 4.79 Å². The Kier molecular flexibility index (Phi) is 4.54. The first-order valence-electron chi connectivity index (χ1n) is 6.39. The largest absolute Gasteiger partial charge is 0.484 e. The highest BCUT2D eigenvalue weighted by Gasteiger charge is 2.14. The molecule has 1 heterocycles. The molecule has 0 bridgehead atoms. The van der Waals surface area contributed by atoms with Crippen molar-refractivity contribution in [2.75, 3.05) is 18.7 Å². The van der Waals surface area contributed by atoms with Crippen molar-refractivity contribution < 1.29 is 19.0 Å². The first-order valence-corrected chi connectivity index (χ1v) is 7.98. The maximum Gasteiger partial charge on any atom is 0.262 e. The van der Waals surface area contributed by atoms with Crippen molar-refractivity contribution in [1.29, 1.82) is 0 Å². The summed E-state index contributed by atoms with van der Waals surface area (Å²) in [6.07, 6.45) is 0. The van der Waals surface area contributed by atoms with Gasteiger partial charge in [-0.2, -0.15) is 0 Å². The minimum absolute atomic E-state index is 0.0951. The second-order valence-electron chi connectivity index (χ2n) is 4.48. The van der Waals surface area contributed by atoms with Crippen LogP contribution >= 0.6 is 31.9 Å². The van der Waals surface area contributed by atoms with Gasteiger partial charge in [0.1, 0.15) is 5.75 Å². The molecule has 1 aliphatic rings. The lowest BCUT2D eigenvalue weighted by atomic mass is 10.3. The number of carbonyl (C=O) groups excluding carboxylic acids is 1. The fourth-order valence-corrected chi connectivity index (χ4v) is 3.04. The third-order valence-corrected chi connectivity index (χ3v) is 4.07. The molecule has 2 aromatic carbocycles. The van der Waals surface area contributed by atoms with Crippen molar-refractivity contribution in [3.05, 3.63) is 45.3 Å². The van der Waals surface area contributed by atoms with Crippen LogP contribution in [-0.2, 0) is 4.79 Å². The number of halogens is 2. The zero-order valence-electron chi connectivity index (χ0n) is 11.3. The Balaban J connectivity index is 1.58. The fourth-order valence-electron chi connectivity index (χ4n) is 1.89. The van der Waals surface area contributed by atoms with E-state index in [0.29, 0.717) is 22.9 Å². The summed E-state index contributed by atoms with van der Waals surface area (Å²) in [5.74, 6) is 1.60. The molecule has 0 atom stereocenters. The number of carbonyl (C=O) groups is 1. The molecule has 22 heavy (non-hydrogen) atoms. The van der Waals surface area contributed by atoms with Crippen molar-refractivity contribution in [2.45, 2.75) is 0 Å². The van der Waals surface area contributed by atoms with Crippen molar-refractivity contribution in [3.8, 4) is 17.2 Å². The predicted molar refractivity (Wildman–Crippen MR) is 88.5 cm³/mol. The molecule has 0 spiro atoms. The van der Waals surface area contributed by atoms with Gasteiger partial charge < -0.3 is 19.5 Å². The number of amides is 1. The second kappa shape index (κ2) is 6.58. The minimum atomic E-state index is -0.249. The van der Waals surface area contributed by atoms with Gasteiger partial charge in [0.2, 0.25) is 6.79 Å². The van der Waals surface area contributed by atoms with Gasteiger partial charge in [-0.25, -0.2) is 0 Å². The first kappa shape index (κ1) is 15.2. The summed E-state index contributed by atoms with van der Waals surface area (Å²) in [7, 11) is 0. The molecule has 0 saturated carbocycles. The summed E-state index contributed by atoms with van der Waals surface area (Å²) in [6.45, 7) is 0.110. The summed E-state index contributed by atoms with van der Waals surface area (Å²) in [5.41, 5.74) is 0.683. The zero-order valence-corrected chi connectivity index (χ0v) is 14.4. The van der Waals surface area contributed by atoms with Crippen LogP contribution < -0.4 is 19.5 Å². The molecule has 1 aliphatic heterocycles. The Morgan fingerprint density at radius 2 is 1.95 bits per heavy atom. The maximum absolute atomic E-state index is 11.9. The number of benzene rings is 2. The average molecular weight is 429 g/mol. The summed E-state index contributed by atoms with van der Waals surface area (Å²) >= 11 is 6.75. The van der Waals surface area contributed by atoms with Crippen LogP contribution in [-0.4, -0.2) is 19.3 Å². The number of anilines is 1. The van der Waals surface area contributed by atoms with Crippen LogP contribution in [0.15, 0.2) is 45.3 Å². The lowest BCUT2D eigenvalue weighted by Crippen LogP contribution is -2.20. The van der Waals surface area contributed by atoms with E-state index in [0.717, 1.165) is 8.95 Å². The molecule has 0 aromatic heterocycles. The summed E-state index contributed by atoms with van der Waals surface area (Å²) in [4.78, 5) is 11.9. The fraction of sp³-hybridized carbons (Fsp3) is 0.133. The third-order valence-electron chi connectivity index (χ3n) is 2.92. The van der Waals surface area contributed by atoms with Gasteiger partial charge in [0, 0.05) is 15.0 Å². The number of rotatable bonds is 4. The van der Waals surface area contributed by atoms with Gasteiger partial charge in [-0.15, -0.1) is 0 Å². The number of fused-ring (bicyclic) bond motifs is 1. The van der Waals surface area contributed by atoms with Gasteiger partial charge in [-0.3, -0.25) is 4.79 Å². The van der Waals surface area contributed by atoms with Gasteiger partial charge >= 0.3 is 0 Å². The van der Waals surface area contributed by atoms with Crippen LogP contribution in [0.25, 0.3) is 0 Å². The number of ether oxygens (including phenoxy) is 3. The number of nitrogens with one attached hydrogen (secondary N) is 1. The molecule has 0 fully saturated rings. The quantitative estimate of drug-likeness (QED) is 0.800. The molecule has 0 aliphatic carbocycles. The Bertz CT molecular complexity index is 721. The predicted octanol–water partition coefficient (Wildman–Crippen LogP) is 3.96. The highest BCUT2D eigenvalue weighted by molar-refractivity contribution is 9.11. The van der Waals surface area contributed by atoms with E-state index in [2.05, 4.69) is 37.2 Å².